The Labute approximate surface area is 119 Å². The first-order valence-electron chi connectivity index (χ1n) is 5.84. The molecule has 2 heterocycles. The highest BCUT2D eigenvalue weighted by atomic mass is 79.9. The highest BCUT2D eigenvalue weighted by molar-refractivity contribution is 9.10. The number of hydrogen-bond acceptors (Lipinski definition) is 3. The van der Waals surface area contributed by atoms with Crippen molar-refractivity contribution in [3.8, 4) is 17.1 Å². The van der Waals surface area contributed by atoms with Crippen molar-refractivity contribution in [3.05, 3.63) is 34.6 Å². The number of aromatic nitrogens is 4. The molecule has 0 unspecified atom stereocenters. The molecule has 0 aliphatic carbocycles. The van der Waals surface area contributed by atoms with E-state index >= 15 is 0 Å². The number of aryl methyl sites for hydroxylation is 2. The third-order valence-corrected chi connectivity index (χ3v) is 4.01. The van der Waals surface area contributed by atoms with Crippen LogP contribution in [0.3, 0.4) is 0 Å². The highest BCUT2D eigenvalue weighted by Gasteiger charge is 2.17. The monoisotopic (exact) mass is 320 g/mol. The van der Waals surface area contributed by atoms with Gasteiger partial charge in [-0.25, -0.2) is 4.98 Å². The van der Waals surface area contributed by atoms with Crippen LogP contribution in [0, 0.1) is 6.92 Å². The van der Waals surface area contributed by atoms with E-state index in [2.05, 4.69) is 26.0 Å². The molecule has 19 heavy (non-hydrogen) atoms. The number of ether oxygens (including phenoxy) is 1. The topological polar surface area (TPSA) is 44.4 Å². The average Bonchev–Trinajstić information content (AvgIpc) is 2.89. The highest BCUT2D eigenvalue weighted by Crippen LogP contribution is 2.30. The van der Waals surface area contributed by atoms with Crippen LogP contribution in [-0.2, 0) is 7.05 Å². The van der Waals surface area contributed by atoms with Gasteiger partial charge in [0.25, 0.3) is 0 Å². The summed E-state index contributed by atoms with van der Waals surface area (Å²) < 4.78 is 10.0. The summed E-state index contributed by atoms with van der Waals surface area (Å²) in [5.41, 5.74) is 1.87. The summed E-state index contributed by atoms with van der Waals surface area (Å²) in [5, 5.41) is 4.60. The quantitative estimate of drug-likeness (QED) is 0.729. The molecular weight excluding hydrogens is 308 g/mol. The van der Waals surface area contributed by atoms with Crippen molar-refractivity contribution in [2.45, 2.75) is 6.92 Å². The van der Waals surface area contributed by atoms with Gasteiger partial charge in [-0.1, -0.05) is 12.1 Å². The van der Waals surface area contributed by atoms with E-state index in [1.54, 1.807) is 11.6 Å². The maximum absolute atomic E-state index is 5.39. The van der Waals surface area contributed by atoms with Crippen molar-refractivity contribution in [1.82, 2.24) is 19.2 Å². The Kier molecular flexibility index (Phi) is 2.82. The lowest BCUT2D eigenvalue weighted by atomic mass is 10.2. The lowest BCUT2D eigenvalue weighted by Crippen LogP contribution is -1.96. The van der Waals surface area contributed by atoms with E-state index in [1.165, 1.54) is 0 Å². The molecule has 1 aromatic carbocycles. The molecule has 0 saturated carbocycles. The molecule has 0 saturated heterocycles. The van der Waals surface area contributed by atoms with E-state index in [4.69, 9.17) is 4.74 Å². The van der Waals surface area contributed by atoms with Crippen LogP contribution in [0.2, 0.25) is 0 Å². The molecule has 2 aromatic heterocycles. The van der Waals surface area contributed by atoms with Crippen LogP contribution in [0.1, 0.15) is 5.69 Å². The Bertz CT molecular complexity index is 759. The van der Waals surface area contributed by atoms with Gasteiger partial charge in [-0.15, -0.1) is 5.10 Å². The lowest BCUT2D eigenvalue weighted by Gasteiger charge is -2.06. The minimum Gasteiger partial charge on any atom is -0.496 e. The minimum absolute atomic E-state index is 0.797. The van der Waals surface area contributed by atoms with Crippen molar-refractivity contribution in [2.75, 3.05) is 7.11 Å². The second-order valence-corrected chi connectivity index (χ2v) is 5.03. The standard InChI is InChI=1S/C13H13BrN4O/c1-8-11(14)18-13(15-8)17(2)12(16-18)9-6-4-5-7-10(9)19-3/h4-7H,1-3H3. The van der Waals surface area contributed by atoms with Gasteiger partial charge in [0.15, 0.2) is 5.82 Å². The van der Waals surface area contributed by atoms with Gasteiger partial charge >= 0.3 is 0 Å². The predicted molar refractivity (Wildman–Crippen MR) is 76.4 cm³/mol. The molecule has 6 heteroatoms. The number of halogens is 1. The number of imidazole rings is 1. The molecule has 0 radical (unpaired) electrons. The van der Waals surface area contributed by atoms with Gasteiger partial charge < -0.3 is 4.74 Å². The second-order valence-electron chi connectivity index (χ2n) is 4.28. The largest absolute Gasteiger partial charge is 0.496 e. The van der Waals surface area contributed by atoms with Crippen molar-refractivity contribution in [3.63, 3.8) is 0 Å². The fraction of sp³-hybridized carbons (Fsp3) is 0.231. The average molecular weight is 321 g/mol. The first-order valence-corrected chi connectivity index (χ1v) is 6.63. The third kappa shape index (κ3) is 1.74. The first kappa shape index (κ1) is 12.2. The number of benzene rings is 1. The molecule has 5 nitrogen and oxygen atoms in total. The molecule has 0 N–H and O–H groups in total. The molecule has 0 aliphatic rings. The molecule has 3 aromatic rings. The number of nitrogens with zero attached hydrogens (tertiary/aromatic N) is 4. The molecule has 0 amide bonds. The Morgan fingerprint density at radius 1 is 1.26 bits per heavy atom. The Morgan fingerprint density at radius 2 is 2.00 bits per heavy atom. The van der Waals surface area contributed by atoms with E-state index in [9.17, 15) is 0 Å². The third-order valence-electron chi connectivity index (χ3n) is 3.10. The molecular formula is C13H13BrN4O. The van der Waals surface area contributed by atoms with Crippen molar-refractivity contribution >= 4 is 21.7 Å². The molecule has 0 atom stereocenters. The molecule has 98 valence electrons. The van der Waals surface area contributed by atoms with Crippen LogP contribution in [0.25, 0.3) is 17.2 Å². The lowest BCUT2D eigenvalue weighted by molar-refractivity contribution is 0.416. The van der Waals surface area contributed by atoms with Crippen LogP contribution < -0.4 is 4.74 Å². The fourth-order valence-electron chi connectivity index (χ4n) is 2.11. The zero-order chi connectivity index (χ0) is 13.6. The van der Waals surface area contributed by atoms with Crippen LogP contribution in [0.15, 0.2) is 28.9 Å². The maximum atomic E-state index is 5.39. The minimum atomic E-state index is 0.797. The number of fused-ring (bicyclic) bond motifs is 1. The van der Waals surface area contributed by atoms with Gasteiger partial charge in [0, 0.05) is 7.05 Å². The van der Waals surface area contributed by atoms with Crippen molar-refractivity contribution < 1.29 is 4.74 Å². The second kappa shape index (κ2) is 4.38. The van der Waals surface area contributed by atoms with Crippen LogP contribution >= 0.6 is 15.9 Å². The van der Waals surface area contributed by atoms with Crippen LogP contribution in [0.5, 0.6) is 5.75 Å². The summed E-state index contributed by atoms with van der Waals surface area (Å²) in [6, 6.07) is 7.82. The molecule has 0 spiro atoms. The van der Waals surface area contributed by atoms with E-state index in [1.807, 2.05) is 42.8 Å². The van der Waals surface area contributed by atoms with E-state index in [0.717, 1.165) is 33.2 Å². The zero-order valence-corrected chi connectivity index (χ0v) is 12.5. The van der Waals surface area contributed by atoms with Gasteiger partial charge in [0.1, 0.15) is 10.4 Å². The molecule has 0 bridgehead atoms. The Hall–Kier alpha value is -1.82. The predicted octanol–water partition coefficient (Wildman–Crippen LogP) is 2.81. The summed E-state index contributed by atoms with van der Waals surface area (Å²) in [7, 11) is 3.61. The molecule has 0 aliphatic heterocycles. The first-order chi connectivity index (χ1) is 9.13. The van der Waals surface area contributed by atoms with Gasteiger partial charge in [-0.2, -0.15) is 4.52 Å². The normalized spacial score (nSPS) is 11.2. The number of hydrogen-bond donors (Lipinski definition) is 0. The van der Waals surface area contributed by atoms with E-state index in [-0.39, 0.29) is 0 Å². The number of methoxy groups -OCH3 is 1. The smallest absolute Gasteiger partial charge is 0.233 e. The summed E-state index contributed by atoms with van der Waals surface area (Å²) in [4.78, 5) is 4.49. The zero-order valence-electron chi connectivity index (χ0n) is 10.9. The number of rotatable bonds is 2. The SMILES string of the molecule is COc1ccccc1-c1nn2c(Br)c(C)nc2n1C. The summed E-state index contributed by atoms with van der Waals surface area (Å²) in [5.74, 6) is 2.41. The summed E-state index contributed by atoms with van der Waals surface area (Å²) >= 11 is 3.50. The Balaban J connectivity index is 2.28. The van der Waals surface area contributed by atoms with Crippen LogP contribution in [-0.4, -0.2) is 26.3 Å². The summed E-state index contributed by atoms with van der Waals surface area (Å²) in [6.45, 7) is 1.95. The maximum Gasteiger partial charge on any atom is 0.233 e. The van der Waals surface area contributed by atoms with Gasteiger partial charge in [-0.05, 0) is 35.0 Å². The fourth-order valence-corrected chi connectivity index (χ4v) is 2.44. The number of para-hydroxylation sites is 1. The van der Waals surface area contributed by atoms with E-state index < -0.39 is 0 Å². The Morgan fingerprint density at radius 3 is 2.68 bits per heavy atom. The van der Waals surface area contributed by atoms with Gasteiger partial charge in [0.05, 0.1) is 18.4 Å². The van der Waals surface area contributed by atoms with Crippen LogP contribution in [0.4, 0.5) is 0 Å². The van der Waals surface area contributed by atoms with Crippen molar-refractivity contribution in [1.29, 1.82) is 0 Å². The van der Waals surface area contributed by atoms with Gasteiger partial charge in [0.2, 0.25) is 5.78 Å². The molecule has 3 rings (SSSR count). The molecule has 0 fully saturated rings. The van der Waals surface area contributed by atoms with Crippen molar-refractivity contribution in [2.24, 2.45) is 7.05 Å². The summed E-state index contributed by atoms with van der Waals surface area (Å²) in [6.07, 6.45) is 0. The van der Waals surface area contributed by atoms with Gasteiger partial charge in [-0.3, -0.25) is 4.57 Å². The van der Waals surface area contributed by atoms with E-state index in [0.29, 0.717) is 0 Å².